The molecule has 0 bridgehead atoms. The number of nitrogens with zero attached hydrogens (tertiary/aromatic N) is 2. The lowest BCUT2D eigenvalue weighted by Crippen LogP contribution is -2.29. The van der Waals surface area contributed by atoms with E-state index in [4.69, 9.17) is 0 Å². The van der Waals surface area contributed by atoms with Crippen LogP contribution >= 0.6 is 11.8 Å². The van der Waals surface area contributed by atoms with E-state index in [2.05, 4.69) is 53.3 Å². The number of anilines is 2. The number of aliphatic imine (C=N–C) groups is 1. The summed E-state index contributed by atoms with van der Waals surface area (Å²) in [6.07, 6.45) is 1.74. The Morgan fingerprint density at radius 1 is 1.00 bits per heavy atom. The van der Waals surface area contributed by atoms with Crippen LogP contribution in [0.4, 0.5) is 30.2 Å². The van der Waals surface area contributed by atoms with Gasteiger partial charge in [-0.3, -0.25) is 9.52 Å². The lowest BCUT2D eigenvalue weighted by molar-refractivity contribution is -0.115. The number of carbonyl (C=O) groups is 1. The second-order valence-corrected chi connectivity index (χ2v) is 12.1. The molecule has 7 nitrogen and oxygen atoms in total. The van der Waals surface area contributed by atoms with Crippen LogP contribution in [-0.2, 0) is 21.4 Å². The largest absolute Gasteiger partial charge is 0.516 e. The highest BCUT2D eigenvalue weighted by atomic mass is 32.2. The zero-order chi connectivity index (χ0) is 29.1. The monoisotopic (exact) mass is 588 g/mol. The van der Waals surface area contributed by atoms with Crippen molar-refractivity contribution >= 4 is 56.0 Å². The molecule has 1 aliphatic rings. The molecular weight excluding hydrogens is 561 g/mol. The first-order valence-corrected chi connectivity index (χ1v) is 14.5. The Bertz CT molecular complexity index is 1530. The first kappa shape index (κ1) is 29.2. The quantitative estimate of drug-likeness (QED) is 0.290. The molecule has 1 heterocycles. The number of thioether (sulfide) groups is 1. The van der Waals surface area contributed by atoms with Gasteiger partial charge in [-0.05, 0) is 76.8 Å². The molecule has 12 heteroatoms. The molecule has 210 valence electrons. The highest BCUT2D eigenvalue weighted by molar-refractivity contribution is 8.18. The van der Waals surface area contributed by atoms with E-state index in [1.54, 1.807) is 6.08 Å². The van der Waals surface area contributed by atoms with E-state index >= 15 is 0 Å². The number of hydrogen-bond acceptors (Lipinski definition) is 6. The number of amides is 1. The third-order valence-corrected chi connectivity index (χ3v) is 8.03. The van der Waals surface area contributed by atoms with E-state index < -0.39 is 15.5 Å². The van der Waals surface area contributed by atoms with E-state index in [0.29, 0.717) is 21.7 Å². The minimum atomic E-state index is -5.51. The maximum Gasteiger partial charge on any atom is 0.516 e. The molecule has 2 N–H and O–H groups in total. The number of benzene rings is 3. The maximum absolute atomic E-state index is 12.5. The number of carbonyl (C=O) groups excluding carboxylic acids is 1. The fourth-order valence-electron chi connectivity index (χ4n) is 3.76. The minimum Gasteiger partial charge on any atom is -0.370 e. The van der Waals surface area contributed by atoms with Crippen molar-refractivity contribution in [2.45, 2.75) is 31.8 Å². The van der Waals surface area contributed by atoms with Crippen LogP contribution in [0.25, 0.3) is 6.08 Å². The van der Waals surface area contributed by atoms with Gasteiger partial charge in [-0.2, -0.15) is 21.6 Å². The minimum absolute atomic E-state index is 0.261. The Kier molecular flexibility index (Phi) is 8.59. The van der Waals surface area contributed by atoms with Crippen molar-refractivity contribution in [3.05, 3.63) is 94.4 Å². The number of halogens is 3. The van der Waals surface area contributed by atoms with Crippen LogP contribution < -0.4 is 14.9 Å². The molecule has 1 fully saturated rings. The Morgan fingerprint density at radius 2 is 1.62 bits per heavy atom. The summed E-state index contributed by atoms with van der Waals surface area (Å²) in [5.74, 6) is 0.159. The molecule has 1 amide bonds. The molecule has 40 heavy (non-hydrogen) atoms. The van der Waals surface area contributed by atoms with Crippen LogP contribution in [0.3, 0.4) is 0 Å². The number of alkyl halides is 3. The van der Waals surface area contributed by atoms with Crippen molar-refractivity contribution in [3.63, 3.8) is 0 Å². The maximum atomic E-state index is 12.5. The average Bonchev–Trinajstić information content (AvgIpc) is 3.23. The van der Waals surface area contributed by atoms with Gasteiger partial charge in [0.05, 0.1) is 10.6 Å². The molecule has 0 unspecified atom stereocenters. The Morgan fingerprint density at radius 3 is 2.20 bits per heavy atom. The lowest BCUT2D eigenvalue weighted by atomic mass is 10.0. The van der Waals surface area contributed by atoms with Crippen LogP contribution in [-0.4, -0.2) is 32.0 Å². The Balaban J connectivity index is 1.38. The highest BCUT2D eigenvalue weighted by Crippen LogP contribution is 2.30. The number of rotatable bonds is 8. The fraction of sp³-hybridized carbons (Fsp3) is 0.214. The van der Waals surface area contributed by atoms with Crippen molar-refractivity contribution in [1.82, 2.24) is 5.32 Å². The van der Waals surface area contributed by atoms with Crippen molar-refractivity contribution in [2.75, 3.05) is 16.7 Å². The van der Waals surface area contributed by atoms with Gasteiger partial charge in [-0.1, -0.05) is 50.2 Å². The highest BCUT2D eigenvalue weighted by Gasteiger charge is 2.46. The van der Waals surface area contributed by atoms with E-state index in [9.17, 15) is 26.4 Å². The second kappa shape index (κ2) is 11.8. The van der Waals surface area contributed by atoms with Crippen LogP contribution in [0.15, 0.2) is 82.7 Å². The predicted molar refractivity (Wildman–Crippen MR) is 155 cm³/mol. The molecule has 3 aromatic carbocycles. The number of amidine groups is 1. The molecule has 3 aromatic rings. The van der Waals surface area contributed by atoms with Gasteiger partial charge in [0.2, 0.25) is 0 Å². The molecule has 0 aliphatic carbocycles. The van der Waals surface area contributed by atoms with Crippen molar-refractivity contribution in [1.29, 1.82) is 0 Å². The van der Waals surface area contributed by atoms with Gasteiger partial charge >= 0.3 is 15.5 Å². The standard InChI is InChI=1S/C28H27F3N4O3S2/c1-18(2)21-8-4-20(5-9-21)17-35(3)24-14-6-19(7-15-24)16-25-26(36)33-27(39-25)32-22-10-12-23(13-11-22)34-40(37,38)28(29,30)31/h4-16,18,34H,17H2,1-3H3,(H,32,33,36)/b25-16+. The van der Waals surface area contributed by atoms with Gasteiger partial charge in [0, 0.05) is 25.0 Å². The second-order valence-electron chi connectivity index (χ2n) is 9.42. The summed E-state index contributed by atoms with van der Waals surface area (Å²) < 4.78 is 61.6. The molecule has 4 rings (SSSR count). The van der Waals surface area contributed by atoms with Crippen molar-refractivity contribution < 1.29 is 26.4 Å². The summed E-state index contributed by atoms with van der Waals surface area (Å²) in [6.45, 7) is 5.09. The van der Waals surface area contributed by atoms with E-state index in [-0.39, 0.29) is 11.6 Å². The van der Waals surface area contributed by atoms with Gasteiger partial charge in [-0.25, -0.2) is 4.99 Å². The Hall–Kier alpha value is -3.77. The molecular formula is C28H27F3N4O3S2. The van der Waals surface area contributed by atoms with Crippen LogP contribution in [0.5, 0.6) is 0 Å². The summed E-state index contributed by atoms with van der Waals surface area (Å²) in [5.41, 5.74) is -0.982. The predicted octanol–water partition coefficient (Wildman–Crippen LogP) is 6.60. The molecule has 1 aliphatic heterocycles. The average molecular weight is 589 g/mol. The van der Waals surface area contributed by atoms with E-state index in [0.717, 1.165) is 41.7 Å². The van der Waals surface area contributed by atoms with Gasteiger partial charge in [0.1, 0.15) is 0 Å². The SMILES string of the molecule is CC(C)c1ccc(CN(C)c2ccc(/C=C3/SC(=Nc4ccc(NS(=O)(=O)C(F)(F)F)cc4)NC3=O)cc2)cc1. The zero-order valence-electron chi connectivity index (χ0n) is 21.9. The number of nitrogens with one attached hydrogen (secondary N) is 2. The summed E-state index contributed by atoms with van der Waals surface area (Å²) in [5, 5.41) is 2.94. The number of hydrogen-bond donors (Lipinski definition) is 2. The molecule has 0 radical (unpaired) electrons. The molecule has 1 saturated heterocycles. The summed E-state index contributed by atoms with van der Waals surface area (Å²) in [4.78, 5) is 19.3. The number of sulfonamides is 1. The normalized spacial score (nSPS) is 16.0. The molecule has 0 atom stereocenters. The molecule has 0 aromatic heterocycles. The van der Waals surface area contributed by atoms with Gasteiger partial charge < -0.3 is 10.2 Å². The summed E-state index contributed by atoms with van der Waals surface area (Å²) in [7, 11) is -3.50. The van der Waals surface area contributed by atoms with Gasteiger partial charge in [0.25, 0.3) is 5.91 Å². The van der Waals surface area contributed by atoms with Crippen LogP contribution in [0.2, 0.25) is 0 Å². The molecule has 0 saturated carbocycles. The first-order chi connectivity index (χ1) is 18.8. The summed E-state index contributed by atoms with van der Waals surface area (Å²) in [6, 6.07) is 21.4. The van der Waals surface area contributed by atoms with Crippen LogP contribution in [0, 0.1) is 0 Å². The third-order valence-electron chi connectivity index (χ3n) is 6.00. The zero-order valence-corrected chi connectivity index (χ0v) is 23.5. The van der Waals surface area contributed by atoms with Crippen molar-refractivity contribution in [2.24, 2.45) is 4.99 Å². The smallest absolute Gasteiger partial charge is 0.370 e. The Labute approximate surface area is 235 Å². The lowest BCUT2D eigenvalue weighted by Gasteiger charge is -2.20. The van der Waals surface area contributed by atoms with Gasteiger partial charge in [-0.15, -0.1) is 0 Å². The topological polar surface area (TPSA) is 90.9 Å². The van der Waals surface area contributed by atoms with E-state index in [1.807, 2.05) is 31.3 Å². The third kappa shape index (κ3) is 7.24. The fourth-order valence-corrected chi connectivity index (χ4v) is 5.17. The van der Waals surface area contributed by atoms with Crippen molar-refractivity contribution in [3.8, 4) is 0 Å². The summed E-state index contributed by atoms with van der Waals surface area (Å²) >= 11 is 1.12. The van der Waals surface area contributed by atoms with Crippen LogP contribution in [0.1, 0.15) is 36.5 Å². The van der Waals surface area contributed by atoms with Gasteiger partial charge in [0.15, 0.2) is 5.17 Å². The molecule has 0 spiro atoms. The first-order valence-electron chi connectivity index (χ1n) is 12.2. The van der Waals surface area contributed by atoms with E-state index in [1.165, 1.54) is 28.0 Å².